The minimum atomic E-state index is -1.29. The van der Waals surface area contributed by atoms with E-state index in [2.05, 4.69) is 5.32 Å². The third-order valence-electron chi connectivity index (χ3n) is 4.20. The lowest BCUT2D eigenvalue weighted by Crippen LogP contribution is -2.57. The van der Waals surface area contributed by atoms with Gasteiger partial charge in [-0.25, -0.2) is 9.59 Å². The number of alkyl carbamates (subject to hydrolysis) is 1. The molecule has 0 bridgehead atoms. The van der Waals surface area contributed by atoms with Gasteiger partial charge in [-0.05, 0) is 25.3 Å². The van der Waals surface area contributed by atoms with E-state index in [0.29, 0.717) is 0 Å². The van der Waals surface area contributed by atoms with E-state index in [0.717, 1.165) is 18.4 Å². The van der Waals surface area contributed by atoms with E-state index in [1.165, 1.54) is 6.92 Å². The number of aliphatic carboxylic acids is 1. The number of hydrogen-bond donors (Lipinski definition) is 2. The van der Waals surface area contributed by atoms with Gasteiger partial charge in [-0.3, -0.25) is 0 Å². The first-order valence-electron chi connectivity index (χ1n) is 6.60. The number of carboxylic acid groups (broad SMARTS) is 1. The average Bonchev–Trinajstić information content (AvgIpc) is 3.17. The number of rotatable bonds is 5. The van der Waals surface area contributed by atoms with E-state index in [9.17, 15) is 14.7 Å². The number of carbonyl (C=O) groups excluding carboxylic acids is 1. The van der Waals surface area contributed by atoms with Crippen LogP contribution in [-0.2, 0) is 16.1 Å². The molecule has 2 N–H and O–H groups in total. The van der Waals surface area contributed by atoms with Crippen molar-refractivity contribution in [2.75, 3.05) is 0 Å². The number of amides is 1. The lowest BCUT2D eigenvalue weighted by molar-refractivity contribution is -0.146. The predicted molar refractivity (Wildman–Crippen MR) is 73.1 cm³/mol. The first kappa shape index (κ1) is 14.4. The van der Waals surface area contributed by atoms with Crippen molar-refractivity contribution in [3.63, 3.8) is 0 Å². The fourth-order valence-corrected chi connectivity index (χ4v) is 2.11. The molecule has 108 valence electrons. The van der Waals surface area contributed by atoms with Gasteiger partial charge in [-0.2, -0.15) is 0 Å². The van der Waals surface area contributed by atoms with Crippen LogP contribution in [-0.4, -0.2) is 22.7 Å². The molecule has 0 spiro atoms. The number of ether oxygens (including phenoxy) is 1. The van der Waals surface area contributed by atoms with Crippen LogP contribution in [0, 0.1) is 5.41 Å². The van der Waals surface area contributed by atoms with E-state index in [1.807, 2.05) is 37.3 Å². The van der Waals surface area contributed by atoms with E-state index in [-0.39, 0.29) is 6.61 Å². The van der Waals surface area contributed by atoms with Crippen LogP contribution in [0.1, 0.15) is 32.3 Å². The Hall–Kier alpha value is -2.04. The quantitative estimate of drug-likeness (QED) is 0.867. The molecule has 0 saturated heterocycles. The summed E-state index contributed by atoms with van der Waals surface area (Å²) in [7, 11) is 0. The predicted octanol–water partition coefficient (Wildman–Crippen LogP) is 2.56. The first-order valence-corrected chi connectivity index (χ1v) is 6.60. The maximum absolute atomic E-state index is 11.8. The first-order chi connectivity index (χ1) is 9.37. The molecule has 1 unspecified atom stereocenters. The molecule has 5 nitrogen and oxygen atoms in total. The second-order valence-electron chi connectivity index (χ2n) is 5.68. The van der Waals surface area contributed by atoms with E-state index in [1.54, 1.807) is 0 Å². The number of nitrogens with one attached hydrogen (secondary N) is 1. The van der Waals surface area contributed by atoms with Crippen LogP contribution in [0.3, 0.4) is 0 Å². The number of carboxylic acids is 1. The van der Waals surface area contributed by atoms with E-state index >= 15 is 0 Å². The summed E-state index contributed by atoms with van der Waals surface area (Å²) < 4.78 is 5.08. The van der Waals surface area contributed by atoms with Crippen LogP contribution in [0.4, 0.5) is 4.79 Å². The standard InChI is InChI=1S/C15H19NO4/c1-14(8-9-14)15(2,12(17)18)16-13(19)20-10-11-6-4-3-5-7-11/h3-7H,8-10H2,1-2H3,(H,16,19)(H,17,18). The second kappa shape index (κ2) is 5.15. The van der Waals surface area contributed by atoms with Crippen molar-refractivity contribution < 1.29 is 19.4 Å². The number of hydrogen-bond acceptors (Lipinski definition) is 3. The summed E-state index contributed by atoms with van der Waals surface area (Å²) in [4.78, 5) is 23.3. The monoisotopic (exact) mass is 277 g/mol. The van der Waals surface area contributed by atoms with E-state index < -0.39 is 23.0 Å². The summed E-state index contributed by atoms with van der Waals surface area (Å²) in [6.07, 6.45) is 0.871. The van der Waals surface area contributed by atoms with Crippen molar-refractivity contribution in [1.29, 1.82) is 0 Å². The highest BCUT2D eigenvalue weighted by atomic mass is 16.5. The lowest BCUT2D eigenvalue weighted by Gasteiger charge is -2.32. The summed E-state index contributed by atoms with van der Waals surface area (Å²) in [5, 5.41) is 11.9. The van der Waals surface area contributed by atoms with Gasteiger partial charge in [0.1, 0.15) is 12.1 Å². The van der Waals surface area contributed by atoms with Gasteiger partial charge in [0.15, 0.2) is 0 Å². The van der Waals surface area contributed by atoms with Crippen molar-refractivity contribution in [3.8, 4) is 0 Å². The lowest BCUT2D eigenvalue weighted by atomic mass is 9.84. The van der Waals surface area contributed by atoms with Crippen LogP contribution in [0.25, 0.3) is 0 Å². The van der Waals surface area contributed by atoms with Gasteiger partial charge in [-0.1, -0.05) is 37.3 Å². The van der Waals surface area contributed by atoms with E-state index in [4.69, 9.17) is 4.74 Å². The van der Waals surface area contributed by atoms with Crippen molar-refractivity contribution in [2.24, 2.45) is 5.41 Å². The molecule has 1 aliphatic carbocycles. The summed E-state index contributed by atoms with van der Waals surface area (Å²) in [6, 6.07) is 9.25. The Kier molecular flexibility index (Phi) is 3.70. The molecule has 5 heteroatoms. The van der Waals surface area contributed by atoms with Crippen LogP contribution in [0.15, 0.2) is 30.3 Å². The Morgan fingerprint density at radius 1 is 1.35 bits per heavy atom. The van der Waals surface area contributed by atoms with Crippen LogP contribution < -0.4 is 5.32 Å². The molecule has 0 radical (unpaired) electrons. The molecule has 1 amide bonds. The van der Waals surface area contributed by atoms with Crippen LogP contribution in [0.5, 0.6) is 0 Å². The molecule has 1 aliphatic rings. The fraction of sp³-hybridized carbons (Fsp3) is 0.467. The van der Waals surface area contributed by atoms with Gasteiger partial charge in [0, 0.05) is 5.41 Å². The molecular formula is C15H19NO4. The minimum Gasteiger partial charge on any atom is -0.479 e. The topological polar surface area (TPSA) is 75.6 Å². The number of benzene rings is 1. The summed E-state index contributed by atoms with van der Waals surface area (Å²) in [5.74, 6) is -1.03. The molecule has 1 aromatic rings. The summed E-state index contributed by atoms with van der Waals surface area (Å²) in [5.41, 5.74) is -0.830. The van der Waals surface area contributed by atoms with Gasteiger partial charge >= 0.3 is 12.1 Å². The molecule has 2 rings (SSSR count). The maximum atomic E-state index is 11.8. The number of carbonyl (C=O) groups is 2. The van der Waals surface area contributed by atoms with Gasteiger partial charge < -0.3 is 15.2 Å². The Morgan fingerprint density at radius 2 is 1.95 bits per heavy atom. The second-order valence-corrected chi connectivity index (χ2v) is 5.68. The third-order valence-corrected chi connectivity index (χ3v) is 4.20. The Morgan fingerprint density at radius 3 is 2.45 bits per heavy atom. The van der Waals surface area contributed by atoms with Gasteiger partial charge in [-0.15, -0.1) is 0 Å². The molecule has 0 aliphatic heterocycles. The van der Waals surface area contributed by atoms with Gasteiger partial charge in [0.2, 0.25) is 0 Å². The van der Waals surface area contributed by atoms with Gasteiger partial charge in [0.25, 0.3) is 0 Å². The average molecular weight is 277 g/mol. The maximum Gasteiger partial charge on any atom is 0.408 e. The van der Waals surface area contributed by atoms with Crippen molar-refractivity contribution >= 4 is 12.1 Å². The molecule has 1 aromatic carbocycles. The highest BCUT2D eigenvalue weighted by Gasteiger charge is 2.58. The Labute approximate surface area is 117 Å². The van der Waals surface area contributed by atoms with Crippen LogP contribution in [0.2, 0.25) is 0 Å². The third kappa shape index (κ3) is 2.76. The highest BCUT2D eigenvalue weighted by Crippen LogP contribution is 2.53. The zero-order chi connectivity index (χ0) is 14.8. The summed E-state index contributed by atoms with van der Waals surface area (Å²) >= 11 is 0. The zero-order valence-corrected chi connectivity index (χ0v) is 11.7. The zero-order valence-electron chi connectivity index (χ0n) is 11.7. The molecule has 1 fully saturated rings. The Balaban J connectivity index is 1.95. The van der Waals surface area contributed by atoms with Crippen molar-refractivity contribution in [1.82, 2.24) is 5.32 Å². The largest absolute Gasteiger partial charge is 0.479 e. The molecular weight excluding hydrogens is 258 g/mol. The van der Waals surface area contributed by atoms with Gasteiger partial charge in [0.05, 0.1) is 0 Å². The minimum absolute atomic E-state index is 0.124. The molecule has 0 aromatic heterocycles. The van der Waals surface area contributed by atoms with Crippen LogP contribution >= 0.6 is 0 Å². The molecule has 0 heterocycles. The normalized spacial score (nSPS) is 18.7. The van der Waals surface area contributed by atoms with Crippen molar-refractivity contribution in [2.45, 2.75) is 38.8 Å². The molecule has 1 atom stereocenters. The molecule has 20 heavy (non-hydrogen) atoms. The van der Waals surface area contributed by atoms with Crippen molar-refractivity contribution in [3.05, 3.63) is 35.9 Å². The molecule has 1 saturated carbocycles. The smallest absolute Gasteiger partial charge is 0.408 e. The SMILES string of the molecule is CC1(C(C)(NC(=O)OCc2ccccc2)C(=O)O)CC1. The Bertz CT molecular complexity index is 510. The summed E-state index contributed by atoms with van der Waals surface area (Å²) in [6.45, 7) is 3.52. The highest BCUT2D eigenvalue weighted by molar-refractivity contribution is 5.85. The fourth-order valence-electron chi connectivity index (χ4n) is 2.11.